The lowest BCUT2D eigenvalue weighted by atomic mass is 9.83. The summed E-state index contributed by atoms with van der Waals surface area (Å²) in [5.41, 5.74) is 12.3. The smallest absolute Gasteiger partial charge is 0.196 e. The topological polar surface area (TPSA) is 158 Å². The summed E-state index contributed by atoms with van der Waals surface area (Å²) < 4.78 is 16.8. The van der Waals surface area contributed by atoms with Gasteiger partial charge >= 0.3 is 0 Å². The number of hydrogen-bond acceptors (Lipinski definition) is 12. The summed E-state index contributed by atoms with van der Waals surface area (Å²) in [5, 5.41) is 4.94. The molecule has 6 aromatic carbocycles. The van der Waals surface area contributed by atoms with Gasteiger partial charge in [0.2, 0.25) is 0 Å². The molecule has 0 unspecified atom stereocenters. The number of carbonyl (C=O) groups is 4. The Kier molecular flexibility index (Phi) is 9.68. The zero-order valence-electron chi connectivity index (χ0n) is 27.8. The number of ketones is 4. The highest BCUT2D eigenvalue weighted by atomic mass is 35.5. The first kappa shape index (κ1) is 36.1. The summed E-state index contributed by atoms with van der Waals surface area (Å²) in [6.07, 6.45) is 0. The summed E-state index contributed by atoms with van der Waals surface area (Å²) in [5.74, 6) is -0.790. The number of nitrogens with zero attached hydrogens (tertiary/aromatic N) is 4. The second-order valence-electron chi connectivity index (χ2n) is 12.1. The molecule has 0 radical (unpaired) electrons. The van der Waals surface area contributed by atoms with Gasteiger partial charge in [0.05, 0.1) is 45.3 Å². The number of nitrogens with one attached hydrogen (secondary N) is 1. The van der Waals surface area contributed by atoms with Crippen LogP contribution < -0.4 is 11.1 Å². The maximum Gasteiger partial charge on any atom is 0.196 e. The fraction of sp³-hybridized carbons (Fsp3) is 0. The van der Waals surface area contributed by atoms with E-state index in [-0.39, 0.29) is 23.1 Å². The van der Waals surface area contributed by atoms with Crippen LogP contribution in [0.4, 0.5) is 17.1 Å². The van der Waals surface area contributed by atoms with Crippen molar-refractivity contribution in [3.63, 3.8) is 0 Å². The maximum absolute atomic E-state index is 13.0. The van der Waals surface area contributed by atoms with Crippen molar-refractivity contribution >= 4 is 121 Å². The van der Waals surface area contributed by atoms with Gasteiger partial charge in [-0.3, -0.25) is 19.2 Å². The molecule has 10 rings (SSSR count). The number of aromatic nitrogens is 4. The summed E-state index contributed by atoms with van der Waals surface area (Å²) >= 11 is 19.6. The van der Waals surface area contributed by atoms with Crippen LogP contribution in [0.2, 0.25) is 15.1 Å². The Morgan fingerprint density at radius 2 is 0.891 bits per heavy atom. The number of hydrogen-bond donors (Lipinski definition) is 2. The number of nitrogen functional groups attached to an aromatic ring is 1. The molecule has 0 atom stereocenters. The molecule has 0 aliphatic heterocycles. The van der Waals surface area contributed by atoms with E-state index in [2.05, 4.69) is 22.8 Å². The SMILES string of the molecule is Nc1ccc(Cl)cc1.O=C1c2ccccc2C(=O)c2c1cc(Cl)c1nsnc21.O=C1c2ccccc2C(=O)c2c1cc(Nc1ccc(Cl)cc1)c1nsnc21. The molecule has 8 aromatic rings. The van der Waals surface area contributed by atoms with Crippen LogP contribution in [0.3, 0.4) is 0 Å². The normalized spacial score (nSPS) is 12.5. The van der Waals surface area contributed by atoms with Crippen molar-refractivity contribution in [2.24, 2.45) is 0 Å². The molecular weight excluding hydrogens is 799 g/mol. The van der Waals surface area contributed by atoms with E-state index >= 15 is 0 Å². The minimum absolute atomic E-state index is 0.186. The molecule has 0 spiro atoms. The van der Waals surface area contributed by atoms with Crippen molar-refractivity contribution in [3.05, 3.63) is 169 Å². The van der Waals surface area contributed by atoms with Gasteiger partial charge in [-0.2, -0.15) is 17.5 Å². The Labute approximate surface area is 335 Å². The van der Waals surface area contributed by atoms with Gasteiger partial charge in [0.1, 0.15) is 22.1 Å². The molecule has 55 heavy (non-hydrogen) atoms. The molecular formula is C40H21Cl3N6O4S2. The number of carbonyl (C=O) groups excluding carboxylic acids is 4. The second-order valence-corrected chi connectivity index (χ2v) is 14.5. The molecule has 15 heteroatoms. The zero-order valence-corrected chi connectivity index (χ0v) is 31.7. The van der Waals surface area contributed by atoms with E-state index in [0.29, 0.717) is 82.3 Å². The van der Waals surface area contributed by atoms with E-state index in [4.69, 9.17) is 40.5 Å². The molecule has 0 bridgehead atoms. The number of rotatable bonds is 2. The lowest BCUT2D eigenvalue weighted by molar-refractivity contribution is 0.0980. The molecule has 3 N–H and O–H groups in total. The van der Waals surface area contributed by atoms with Crippen LogP contribution >= 0.6 is 58.3 Å². The average molecular weight is 820 g/mol. The van der Waals surface area contributed by atoms with Crippen LogP contribution in [0.25, 0.3) is 22.1 Å². The number of anilines is 3. The highest BCUT2D eigenvalue weighted by molar-refractivity contribution is 7.00. The van der Waals surface area contributed by atoms with Crippen LogP contribution in [0.15, 0.2) is 109 Å². The number of nitrogens with two attached hydrogens (primary N) is 1. The largest absolute Gasteiger partial charge is 0.399 e. The molecule has 10 nitrogen and oxygen atoms in total. The van der Waals surface area contributed by atoms with E-state index in [1.807, 2.05) is 12.1 Å². The third-order valence-corrected chi connectivity index (χ3v) is 10.6. The predicted octanol–water partition coefficient (Wildman–Crippen LogP) is 9.91. The first-order valence-corrected chi connectivity index (χ1v) is 18.8. The summed E-state index contributed by atoms with van der Waals surface area (Å²) in [6.45, 7) is 0. The molecule has 0 saturated carbocycles. The van der Waals surface area contributed by atoms with E-state index < -0.39 is 0 Å². The molecule has 2 aliphatic rings. The highest BCUT2D eigenvalue weighted by Crippen LogP contribution is 2.38. The summed E-state index contributed by atoms with van der Waals surface area (Å²) in [6, 6.07) is 31.1. The molecule has 2 aromatic heterocycles. The maximum atomic E-state index is 13.0. The van der Waals surface area contributed by atoms with Crippen LogP contribution in [0.5, 0.6) is 0 Å². The average Bonchev–Trinajstić information content (AvgIpc) is 3.90. The van der Waals surface area contributed by atoms with E-state index in [1.54, 1.807) is 91.0 Å². The van der Waals surface area contributed by atoms with Gasteiger partial charge in [0, 0.05) is 54.8 Å². The molecule has 268 valence electrons. The lowest BCUT2D eigenvalue weighted by Crippen LogP contribution is -2.21. The fourth-order valence-corrected chi connectivity index (χ4v) is 7.90. The van der Waals surface area contributed by atoms with Gasteiger partial charge in [-0.15, -0.1) is 0 Å². The van der Waals surface area contributed by atoms with Gasteiger partial charge in [0.25, 0.3) is 0 Å². The van der Waals surface area contributed by atoms with Crippen molar-refractivity contribution in [3.8, 4) is 0 Å². The highest BCUT2D eigenvalue weighted by Gasteiger charge is 2.34. The van der Waals surface area contributed by atoms with Crippen molar-refractivity contribution < 1.29 is 19.2 Å². The molecule has 0 amide bonds. The number of benzene rings is 6. The third-order valence-electron chi connectivity index (χ3n) is 8.80. The molecule has 0 saturated heterocycles. The van der Waals surface area contributed by atoms with Crippen molar-refractivity contribution in [1.29, 1.82) is 0 Å². The number of halogens is 3. The number of fused-ring (bicyclic) bond motifs is 8. The minimum Gasteiger partial charge on any atom is -0.399 e. The van der Waals surface area contributed by atoms with Gasteiger partial charge < -0.3 is 11.1 Å². The monoisotopic (exact) mass is 818 g/mol. The Morgan fingerprint density at radius 1 is 0.473 bits per heavy atom. The zero-order chi connectivity index (χ0) is 38.4. The van der Waals surface area contributed by atoms with Crippen LogP contribution in [-0.4, -0.2) is 40.6 Å². The van der Waals surface area contributed by atoms with Gasteiger partial charge in [-0.25, -0.2) is 0 Å². The molecule has 2 heterocycles. The Hall–Kier alpha value is -5.89. The van der Waals surface area contributed by atoms with E-state index in [9.17, 15) is 19.2 Å². The quantitative estimate of drug-likeness (QED) is 0.161. The molecule has 0 fully saturated rings. The summed E-state index contributed by atoms with van der Waals surface area (Å²) in [4.78, 5) is 51.2. The second kappa shape index (κ2) is 14.7. The van der Waals surface area contributed by atoms with Crippen molar-refractivity contribution in [2.45, 2.75) is 0 Å². The Balaban J connectivity index is 0.000000133. The predicted molar refractivity (Wildman–Crippen MR) is 217 cm³/mol. The van der Waals surface area contributed by atoms with Crippen LogP contribution in [0, 0.1) is 0 Å². The van der Waals surface area contributed by atoms with Gasteiger partial charge in [-0.1, -0.05) is 83.3 Å². The van der Waals surface area contributed by atoms with Crippen LogP contribution in [0.1, 0.15) is 63.7 Å². The minimum atomic E-state index is -0.204. The van der Waals surface area contributed by atoms with Crippen molar-refractivity contribution in [2.75, 3.05) is 11.1 Å². The fourth-order valence-electron chi connectivity index (χ4n) is 6.23. The van der Waals surface area contributed by atoms with Crippen LogP contribution in [-0.2, 0) is 0 Å². The van der Waals surface area contributed by atoms with Gasteiger partial charge in [-0.05, 0) is 60.7 Å². The lowest BCUT2D eigenvalue weighted by Gasteiger charge is -2.19. The van der Waals surface area contributed by atoms with Gasteiger partial charge in [0.15, 0.2) is 23.1 Å². The first-order valence-electron chi connectivity index (χ1n) is 16.2. The Morgan fingerprint density at radius 3 is 1.40 bits per heavy atom. The Bertz CT molecular complexity index is 2860. The van der Waals surface area contributed by atoms with E-state index in [0.717, 1.165) is 39.9 Å². The first-order chi connectivity index (χ1) is 26.6. The third kappa shape index (κ3) is 6.64. The molecule has 2 aliphatic carbocycles. The summed E-state index contributed by atoms with van der Waals surface area (Å²) in [7, 11) is 0. The standard InChI is InChI=1S/C20H10ClN3O2S.C14H5ClN2O2S.C6H6ClN/c21-10-5-7-11(8-6-10)22-15-9-14-16(18-17(15)23-27-24-18)20(26)13-4-2-1-3-12(13)19(14)25;15-9-5-8-10(12-11(9)16-20-17-12)14(19)7-4-2-1-3-6(7)13(8)18;7-5-1-3-6(8)4-2-5/h1-9,22H;1-5H;1-4H,8H2. The van der Waals surface area contributed by atoms with E-state index in [1.165, 1.54) is 6.07 Å². The van der Waals surface area contributed by atoms with Crippen molar-refractivity contribution in [1.82, 2.24) is 17.5 Å².